The summed E-state index contributed by atoms with van der Waals surface area (Å²) in [7, 11) is 0. The van der Waals surface area contributed by atoms with E-state index in [9.17, 15) is 0 Å². The predicted octanol–water partition coefficient (Wildman–Crippen LogP) is 4.03. The van der Waals surface area contributed by atoms with E-state index in [4.69, 9.17) is 0 Å². The lowest BCUT2D eigenvalue weighted by molar-refractivity contribution is 0.411. The minimum absolute atomic E-state index is 0.767. The summed E-state index contributed by atoms with van der Waals surface area (Å²) in [5.41, 5.74) is 1.48. The quantitative estimate of drug-likeness (QED) is 0.729. The summed E-state index contributed by atoms with van der Waals surface area (Å²) in [5, 5.41) is 3.75. The fourth-order valence-corrected chi connectivity index (χ4v) is 2.88. The van der Waals surface area contributed by atoms with Crippen molar-refractivity contribution in [3.63, 3.8) is 0 Å². The van der Waals surface area contributed by atoms with Crippen LogP contribution in [0.2, 0.25) is 0 Å². The summed E-state index contributed by atoms with van der Waals surface area (Å²) in [6.45, 7) is 5.83. The first-order valence-electron chi connectivity index (χ1n) is 7.58. The van der Waals surface area contributed by atoms with Crippen molar-refractivity contribution in [2.24, 2.45) is 11.8 Å². The Morgan fingerprint density at radius 1 is 1.28 bits per heavy atom. The van der Waals surface area contributed by atoms with Gasteiger partial charge < -0.3 is 5.32 Å². The fraction of sp³-hybridized carbons (Fsp3) is 0.647. The molecule has 3 unspecified atom stereocenters. The topological polar surface area (TPSA) is 12.0 Å². The second kappa shape index (κ2) is 6.94. The molecule has 0 bridgehead atoms. The van der Waals surface area contributed by atoms with Gasteiger partial charge in [-0.25, -0.2) is 0 Å². The predicted molar refractivity (Wildman–Crippen MR) is 78.7 cm³/mol. The van der Waals surface area contributed by atoms with Gasteiger partial charge in [-0.3, -0.25) is 0 Å². The number of hydrogen-bond acceptors (Lipinski definition) is 1. The molecule has 0 aliphatic heterocycles. The first-order chi connectivity index (χ1) is 8.81. The first-order valence-corrected chi connectivity index (χ1v) is 7.58. The molecule has 100 valence electrons. The third-order valence-electron chi connectivity index (χ3n) is 4.17. The molecule has 0 radical (unpaired) electrons. The van der Waals surface area contributed by atoms with Gasteiger partial charge in [-0.2, -0.15) is 0 Å². The van der Waals surface area contributed by atoms with Crippen molar-refractivity contribution in [2.45, 2.75) is 52.0 Å². The molecule has 1 aliphatic carbocycles. The van der Waals surface area contributed by atoms with Crippen LogP contribution in [0.25, 0.3) is 0 Å². The summed E-state index contributed by atoms with van der Waals surface area (Å²) >= 11 is 0. The zero-order valence-corrected chi connectivity index (χ0v) is 11.9. The van der Waals surface area contributed by atoms with Crippen molar-refractivity contribution in [3.8, 4) is 0 Å². The normalized spacial score (nSPS) is 23.9. The Labute approximate surface area is 112 Å². The Bertz CT molecular complexity index is 333. The van der Waals surface area contributed by atoms with Crippen LogP contribution >= 0.6 is 0 Å². The van der Waals surface area contributed by atoms with Crippen molar-refractivity contribution in [3.05, 3.63) is 35.9 Å². The van der Waals surface area contributed by atoms with E-state index in [1.165, 1.54) is 44.2 Å². The highest BCUT2D eigenvalue weighted by Gasteiger charge is 2.38. The summed E-state index contributed by atoms with van der Waals surface area (Å²) in [4.78, 5) is 0. The van der Waals surface area contributed by atoms with Crippen molar-refractivity contribution in [1.82, 2.24) is 5.32 Å². The van der Waals surface area contributed by atoms with E-state index in [0.29, 0.717) is 0 Å². The molecule has 1 aromatic rings. The molecule has 1 heteroatoms. The zero-order valence-electron chi connectivity index (χ0n) is 11.9. The maximum atomic E-state index is 3.75. The van der Waals surface area contributed by atoms with E-state index in [0.717, 1.165) is 17.9 Å². The van der Waals surface area contributed by atoms with Crippen LogP contribution in [0.15, 0.2) is 30.3 Å². The highest BCUT2D eigenvalue weighted by atomic mass is 14.9. The molecule has 0 saturated heterocycles. The van der Waals surface area contributed by atoms with Crippen LogP contribution in [0.5, 0.6) is 0 Å². The zero-order chi connectivity index (χ0) is 12.8. The highest BCUT2D eigenvalue weighted by molar-refractivity contribution is 5.14. The van der Waals surface area contributed by atoms with E-state index in [-0.39, 0.29) is 0 Å². The average Bonchev–Trinajstić information content (AvgIpc) is 3.12. The lowest BCUT2D eigenvalue weighted by atomic mass is 10.0. The highest BCUT2D eigenvalue weighted by Crippen LogP contribution is 2.41. The van der Waals surface area contributed by atoms with Crippen molar-refractivity contribution in [2.75, 3.05) is 6.54 Å². The van der Waals surface area contributed by atoms with Crippen LogP contribution in [0, 0.1) is 11.8 Å². The second-order valence-corrected chi connectivity index (χ2v) is 5.82. The standard InChI is InChI=1S/C17H27N/c1-3-12-18-17(16-13-14(16)2)11-7-10-15-8-5-4-6-9-15/h4-6,8-9,14,16-18H,3,7,10-13H2,1-2H3. The third-order valence-corrected chi connectivity index (χ3v) is 4.17. The molecule has 1 aromatic carbocycles. The molecule has 1 saturated carbocycles. The lowest BCUT2D eigenvalue weighted by Crippen LogP contribution is -2.32. The first kappa shape index (κ1) is 13.6. The number of rotatable bonds is 8. The monoisotopic (exact) mass is 245 g/mol. The largest absolute Gasteiger partial charge is 0.314 e. The smallest absolute Gasteiger partial charge is 0.00980 e. The number of aryl methyl sites for hydroxylation is 1. The molecule has 0 spiro atoms. The summed E-state index contributed by atoms with van der Waals surface area (Å²) < 4.78 is 0. The van der Waals surface area contributed by atoms with E-state index in [1.807, 2.05) is 0 Å². The molecule has 0 heterocycles. The lowest BCUT2D eigenvalue weighted by Gasteiger charge is -2.18. The number of hydrogen-bond donors (Lipinski definition) is 1. The molecule has 3 atom stereocenters. The molecule has 1 aliphatic rings. The van der Waals surface area contributed by atoms with E-state index in [1.54, 1.807) is 0 Å². The number of benzene rings is 1. The van der Waals surface area contributed by atoms with Gasteiger partial charge in [-0.15, -0.1) is 0 Å². The maximum Gasteiger partial charge on any atom is 0.00980 e. The summed E-state index contributed by atoms with van der Waals surface area (Å²) in [5.74, 6) is 1.91. The van der Waals surface area contributed by atoms with Crippen LogP contribution in [0.3, 0.4) is 0 Å². The molecule has 1 nitrogen and oxygen atoms in total. The van der Waals surface area contributed by atoms with E-state index >= 15 is 0 Å². The van der Waals surface area contributed by atoms with Gasteiger partial charge in [0.25, 0.3) is 0 Å². The minimum Gasteiger partial charge on any atom is -0.314 e. The molecule has 1 N–H and O–H groups in total. The van der Waals surface area contributed by atoms with Gasteiger partial charge >= 0.3 is 0 Å². The Morgan fingerprint density at radius 2 is 2.00 bits per heavy atom. The summed E-state index contributed by atoms with van der Waals surface area (Å²) in [6.07, 6.45) is 6.56. The van der Waals surface area contributed by atoms with Crippen molar-refractivity contribution in [1.29, 1.82) is 0 Å². The molecule has 0 aromatic heterocycles. The van der Waals surface area contributed by atoms with Gasteiger partial charge in [0.1, 0.15) is 0 Å². The molecular weight excluding hydrogens is 218 g/mol. The second-order valence-electron chi connectivity index (χ2n) is 5.82. The molecule has 2 rings (SSSR count). The third kappa shape index (κ3) is 4.13. The van der Waals surface area contributed by atoms with Gasteiger partial charge in [0, 0.05) is 6.04 Å². The van der Waals surface area contributed by atoms with Crippen LogP contribution in [0.1, 0.15) is 45.1 Å². The van der Waals surface area contributed by atoms with E-state index < -0.39 is 0 Å². The molecule has 18 heavy (non-hydrogen) atoms. The van der Waals surface area contributed by atoms with Gasteiger partial charge in [-0.05, 0) is 56.0 Å². The Morgan fingerprint density at radius 3 is 2.61 bits per heavy atom. The van der Waals surface area contributed by atoms with Crippen LogP contribution in [0.4, 0.5) is 0 Å². The van der Waals surface area contributed by atoms with Crippen LogP contribution in [-0.4, -0.2) is 12.6 Å². The van der Waals surface area contributed by atoms with Crippen LogP contribution < -0.4 is 5.32 Å². The maximum absolute atomic E-state index is 3.75. The van der Waals surface area contributed by atoms with Crippen molar-refractivity contribution >= 4 is 0 Å². The fourth-order valence-electron chi connectivity index (χ4n) is 2.88. The van der Waals surface area contributed by atoms with Gasteiger partial charge in [0.05, 0.1) is 0 Å². The SMILES string of the molecule is CCCNC(CCCc1ccccc1)C1CC1C. The van der Waals surface area contributed by atoms with Gasteiger partial charge in [-0.1, -0.05) is 44.2 Å². The van der Waals surface area contributed by atoms with Crippen LogP contribution in [-0.2, 0) is 6.42 Å². The van der Waals surface area contributed by atoms with Gasteiger partial charge in [0.2, 0.25) is 0 Å². The summed E-state index contributed by atoms with van der Waals surface area (Å²) in [6, 6.07) is 11.6. The Balaban J connectivity index is 1.72. The Hall–Kier alpha value is -0.820. The van der Waals surface area contributed by atoms with Gasteiger partial charge in [0.15, 0.2) is 0 Å². The Kier molecular flexibility index (Phi) is 5.25. The molecule has 1 fully saturated rings. The van der Waals surface area contributed by atoms with Crippen molar-refractivity contribution < 1.29 is 0 Å². The number of nitrogens with one attached hydrogen (secondary N) is 1. The molecule has 0 amide bonds. The average molecular weight is 245 g/mol. The minimum atomic E-state index is 0.767. The molecular formula is C17H27N. The van der Waals surface area contributed by atoms with E-state index in [2.05, 4.69) is 49.5 Å².